The molecule has 0 spiro atoms. The van der Waals surface area contributed by atoms with Gasteiger partial charge in [0.15, 0.2) is 0 Å². The average molecular weight is 346 g/mol. The van der Waals surface area contributed by atoms with E-state index in [-0.39, 0.29) is 22.6 Å². The number of nitrogens with zero attached hydrogens (tertiary/aromatic N) is 1. The molecule has 1 fully saturated rings. The maximum Gasteiger partial charge on any atom is 0.244 e. The van der Waals surface area contributed by atoms with Crippen molar-refractivity contribution in [1.82, 2.24) is 9.62 Å². The van der Waals surface area contributed by atoms with Gasteiger partial charge in [0.1, 0.15) is 11.9 Å². The molecule has 0 aliphatic carbocycles. The zero-order valence-electron chi connectivity index (χ0n) is 12.5. The zero-order chi connectivity index (χ0) is 16.3. The van der Waals surface area contributed by atoms with E-state index >= 15 is 0 Å². The minimum atomic E-state index is -3.88. The zero-order valence-corrected chi connectivity index (χ0v) is 14.1. The summed E-state index contributed by atoms with van der Waals surface area (Å²) in [5.74, 6) is -0.0458. The minimum absolute atomic E-state index is 0.128. The van der Waals surface area contributed by atoms with Gasteiger partial charge in [-0.3, -0.25) is 4.79 Å². The van der Waals surface area contributed by atoms with E-state index in [2.05, 4.69) is 5.32 Å². The molecule has 1 saturated heterocycles. The van der Waals surface area contributed by atoms with Crippen LogP contribution < -0.4 is 5.32 Å². The molecule has 1 atom stereocenters. The highest BCUT2D eigenvalue weighted by Crippen LogP contribution is 2.28. The second kappa shape index (κ2) is 6.97. The predicted octanol–water partition coefficient (Wildman–Crippen LogP) is 1.66. The molecule has 1 N–H and O–H groups in total. The summed E-state index contributed by atoms with van der Waals surface area (Å²) in [4.78, 5) is 12.1. The lowest BCUT2D eigenvalue weighted by atomic mass is 10.2. The lowest BCUT2D eigenvalue weighted by Crippen LogP contribution is -2.47. The lowest BCUT2D eigenvalue weighted by Gasteiger charge is -2.23. The van der Waals surface area contributed by atoms with E-state index in [4.69, 9.17) is 0 Å². The van der Waals surface area contributed by atoms with Crippen LogP contribution in [0.1, 0.15) is 13.8 Å². The van der Waals surface area contributed by atoms with Crippen LogP contribution >= 0.6 is 11.8 Å². The summed E-state index contributed by atoms with van der Waals surface area (Å²) >= 11 is 1.37. The number of nitrogens with one attached hydrogen (secondary N) is 1. The third kappa shape index (κ3) is 3.80. The first-order chi connectivity index (χ1) is 10.3. The van der Waals surface area contributed by atoms with E-state index in [9.17, 15) is 17.6 Å². The van der Waals surface area contributed by atoms with Crippen molar-refractivity contribution in [2.45, 2.75) is 24.8 Å². The maximum atomic E-state index is 13.3. The number of carbonyl (C=O) groups excluding carboxylic acids is 1. The van der Waals surface area contributed by atoms with Crippen LogP contribution in [0.15, 0.2) is 29.2 Å². The van der Waals surface area contributed by atoms with Crippen molar-refractivity contribution in [2.75, 3.05) is 18.2 Å². The third-order valence-electron chi connectivity index (χ3n) is 3.23. The summed E-state index contributed by atoms with van der Waals surface area (Å²) in [5, 5.41) is 2.76. The van der Waals surface area contributed by atoms with Crippen molar-refractivity contribution >= 4 is 27.7 Å². The molecule has 122 valence electrons. The van der Waals surface area contributed by atoms with Gasteiger partial charge >= 0.3 is 0 Å². The topological polar surface area (TPSA) is 66.5 Å². The summed E-state index contributed by atoms with van der Waals surface area (Å²) in [5.41, 5.74) is 0. The van der Waals surface area contributed by atoms with E-state index in [1.807, 2.05) is 13.8 Å². The van der Waals surface area contributed by atoms with E-state index in [1.54, 1.807) is 0 Å². The Balaban J connectivity index is 2.21. The van der Waals surface area contributed by atoms with Crippen molar-refractivity contribution < 1.29 is 17.6 Å². The minimum Gasteiger partial charge on any atom is -0.354 e. The van der Waals surface area contributed by atoms with E-state index in [0.717, 1.165) is 10.4 Å². The van der Waals surface area contributed by atoms with Gasteiger partial charge in [0.25, 0.3) is 0 Å². The Morgan fingerprint density at radius 3 is 2.86 bits per heavy atom. The van der Waals surface area contributed by atoms with Crippen LogP contribution in [-0.2, 0) is 14.8 Å². The largest absolute Gasteiger partial charge is 0.354 e. The van der Waals surface area contributed by atoms with Crippen LogP contribution in [0.5, 0.6) is 0 Å². The first kappa shape index (κ1) is 17.2. The first-order valence-electron chi connectivity index (χ1n) is 6.95. The predicted molar refractivity (Wildman–Crippen MR) is 84.4 cm³/mol. The third-order valence-corrected chi connectivity index (χ3v) is 6.26. The van der Waals surface area contributed by atoms with Crippen LogP contribution in [-0.4, -0.2) is 42.8 Å². The molecule has 0 saturated carbocycles. The highest BCUT2D eigenvalue weighted by molar-refractivity contribution is 8.00. The van der Waals surface area contributed by atoms with Gasteiger partial charge in [0.05, 0.1) is 10.8 Å². The molecule has 2 rings (SSSR count). The van der Waals surface area contributed by atoms with Crippen LogP contribution in [0.25, 0.3) is 0 Å². The summed E-state index contributed by atoms with van der Waals surface area (Å²) in [6.45, 7) is 4.42. The molecule has 22 heavy (non-hydrogen) atoms. The fourth-order valence-corrected chi connectivity index (χ4v) is 5.24. The first-order valence-corrected chi connectivity index (χ1v) is 9.54. The molecular formula is C14H19FN2O3S2. The van der Waals surface area contributed by atoms with Crippen molar-refractivity contribution in [3.63, 3.8) is 0 Å². The standard InChI is InChI=1S/C14H19FN2O3S2/c1-10(2)7-16-14(18)13-8-21-9-17(13)22(19,20)12-5-3-4-11(15)6-12/h3-6,10,13H,7-9H2,1-2H3,(H,16,18)/t13-/m1/s1. The van der Waals surface area contributed by atoms with Gasteiger partial charge in [0.2, 0.25) is 15.9 Å². The molecule has 5 nitrogen and oxygen atoms in total. The number of benzene rings is 1. The smallest absolute Gasteiger partial charge is 0.244 e. The number of rotatable bonds is 5. The maximum absolute atomic E-state index is 13.3. The van der Waals surface area contributed by atoms with Gasteiger partial charge in [-0.15, -0.1) is 11.8 Å². The van der Waals surface area contributed by atoms with Gasteiger partial charge in [-0.2, -0.15) is 4.31 Å². The fourth-order valence-electron chi connectivity index (χ4n) is 2.06. The van der Waals surface area contributed by atoms with Gasteiger partial charge < -0.3 is 5.32 Å². The average Bonchev–Trinajstić information content (AvgIpc) is 2.95. The molecule has 1 aromatic rings. The second-order valence-corrected chi connectivity index (χ2v) is 8.39. The van der Waals surface area contributed by atoms with Crippen molar-refractivity contribution in [3.8, 4) is 0 Å². The molecule has 0 unspecified atom stereocenters. The van der Waals surface area contributed by atoms with Crippen molar-refractivity contribution in [2.24, 2.45) is 5.92 Å². The number of thioether (sulfide) groups is 1. The van der Waals surface area contributed by atoms with Gasteiger partial charge in [-0.1, -0.05) is 19.9 Å². The molecule has 0 aromatic heterocycles. The monoisotopic (exact) mass is 346 g/mol. The highest BCUT2D eigenvalue weighted by atomic mass is 32.2. The van der Waals surface area contributed by atoms with E-state index in [1.165, 1.54) is 30.0 Å². The van der Waals surface area contributed by atoms with E-state index < -0.39 is 21.9 Å². The fraction of sp³-hybridized carbons (Fsp3) is 0.500. The molecule has 1 amide bonds. The van der Waals surface area contributed by atoms with Crippen LogP contribution in [0.2, 0.25) is 0 Å². The Labute approximate surface area is 134 Å². The number of hydrogen-bond acceptors (Lipinski definition) is 4. The summed E-state index contributed by atoms with van der Waals surface area (Å²) in [6.07, 6.45) is 0. The van der Waals surface area contributed by atoms with Crippen LogP contribution in [0.3, 0.4) is 0 Å². The van der Waals surface area contributed by atoms with Crippen LogP contribution in [0.4, 0.5) is 4.39 Å². The number of hydrogen-bond donors (Lipinski definition) is 1. The SMILES string of the molecule is CC(C)CNC(=O)[C@H]1CSCN1S(=O)(=O)c1cccc(F)c1. The molecule has 1 aromatic carbocycles. The Hall–Kier alpha value is -1.12. The van der Waals surface area contributed by atoms with Gasteiger partial charge in [0, 0.05) is 12.3 Å². The number of amides is 1. The molecule has 1 aliphatic heterocycles. The Bertz CT molecular complexity index is 649. The second-order valence-electron chi connectivity index (χ2n) is 5.50. The van der Waals surface area contributed by atoms with Crippen molar-refractivity contribution in [1.29, 1.82) is 0 Å². The van der Waals surface area contributed by atoms with Crippen LogP contribution in [0, 0.1) is 11.7 Å². The van der Waals surface area contributed by atoms with Crippen molar-refractivity contribution in [3.05, 3.63) is 30.1 Å². The number of sulfonamides is 1. The molecule has 8 heteroatoms. The summed E-state index contributed by atoms with van der Waals surface area (Å²) < 4.78 is 39.6. The lowest BCUT2D eigenvalue weighted by molar-refractivity contribution is -0.123. The Kier molecular flexibility index (Phi) is 5.46. The molecule has 0 radical (unpaired) electrons. The normalized spacial score (nSPS) is 19.5. The molecule has 1 aliphatic rings. The molecular weight excluding hydrogens is 327 g/mol. The Morgan fingerprint density at radius 1 is 1.50 bits per heavy atom. The number of carbonyl (C=O) groups is 1. The Morgan fingerprint density at radius 2 is 2.23 bits per heavy atom. The summed E-state index contributed by atoms with van der Waals surface area (Å²) in [6, 6.07) is 4.09. The highest BCUT2D eigenvalue weighted by Gasteiger charge is 2.40. The van der Waals surface area contributed by atoms with Gasteiger partial charge in [-0.25, -0.2) is 12.8 Å². The van der Waals surface area contributed by atoms with Gasteiger partial charge in [-0.05, 0) is 24.1 Å². The molecule has 0 bridgehead atoms. The number of halogens is 1. The summed E-state index contributed by atoms with van der Waals surface area (Å²) in [7, 11) is -3.88. The quantitative estimate of drug-likeness (QED) is 0.881. The molecule has 1 heterocycles. The van der Waals surface area contributed by atoms with E-state index in [0.29, 0.717) is 12.3 Å².